The molecule has 0 aliphatic heterocycles. The van der Waals surface area contributed by atoms with E-state index >= 15 is 0 Å². The molecule has 0 N–H and O–H groups in total. The molecule has 0 aliphatic carbocycles. The molecule has 3 aromatic rings. The molecule has 2 aromatic heterocycles. The van der Waals surface area contributed by atoms with Crippen molar-refractivity contribution in [2.75, 3.05) is 0 Å². The average molecular weight is 307 g/mol. The van der Waals surface area contributed by atoms with Gasteiger partial charge in [-0.15, -0.1) is 0 Å². The Morgan fingerprint density at radius 1 is 1.10 bits per heavy atom. The summed E-state index contributed by atoms with van der Waals surface area (Å²) in [6, 6.07) is 11.1. The van der Waals surface area contributed by atoms with Crippen LogP contribution >= 0.6 is 23.2 Å². The Labute approximate surface area is 126 Å². The van der Waals surface area contributed by atoms with E-state index in [1.807, 2.05) is 41.8 Å². The number of pyridine rings is 1. The molecule has 3 rings (SSSR count). The Kier molecular flexibility index (Phi) is 3.55. The van der Waals surface area contributed by atoms with Gasteiger partial charge in [0.05, 0.1) is 5.69 Å². The quantitative estimate of drug-likeness (QED) is 0.711. The highest BCUT2D eigenvalue weighted by Crippen LogP contribution is 2.26. The molecule has 2 heterocycles. The topological polar surface area (TPSA) is 26.5 Å². The van der Waals surface area contributed by atoms with Crippen LogP contribution in [0.5, 0.6) is 5.88 Å². The molecule has 0 bridgehead atoms. The third kappa shape index (κ3) is 2.47. The molecule has 0 aliphatic rings. The molecular formula is C15H12Cl2N2O. The van der Waals surface area contributed by atoms with Crippen LogP contribution in [0.15, 0.2) is 42.6 Å². The maximum absolute atomic E-state index is 6.13. The average Bonchev–Trinajstić information content (AvgIpc) is 2.79. The highest BCUT2D eigenvalue weighted by atomic mass is 35.5. The van der Waals surface area contributed by atoms with E-state index in [0.717, 1.165) is 16.9 Å². The number of fused-ring (bicyclic) bond motifs is 1. The molecule has 3 nitrogen and oxygen atoms in total. The fraction of sp³-hybridized carbons (Fsp3) is 0.133. The molecule has 102 valence electrons. The van der Waals surface area contributed by atoms with Gasteiger partial charge in [0, 0.05) is 21.8 Å². The molecule has 0 amide bonds. The Hall–Kier alpha value is -1.71. The molecule has 0 saturated carbocycles. The van der Waals surface area contributed by atoms with Gasteiger partial charge in [0.2, 0.25) is 0 Å². The van der Waals surface area contributed by atoms with Gasteiger partial charge < -0.3 is 4.74 Å². The number of benzene rings is 1. The van der Waals surface area contributed by atoms with Gasteiger partial charge in [-0.1, -0.05) is 35.3 Å². The van der Waals surface area contributed by atoms with Gasteiger partial charge in [0.1, 0.15) is 12.3 Å². The number of rotatable bonds is 3. The Bertz CT molecular complexity index is 747. The minimum Gasteiger partial charge on any atom is -0.474 e. The maximum atomic E-state index is 6.13. The summed E-state index contributed by atoms with van der Waals surface area (Å²) in [6.45, 7) is 2.26. The first-order chi connectivity index (χ1) is 9.65. The van der Waals surface area contributed by atoms with Crippen molar-refractivity contribution in [2.24, 2.45) is 0 Å². The van der Waals surface area contributed by atoms with E-state index in [-0.39, 0.29) is 0 Å². The predicted octanol–water partition coefficient (Wildman–Crippen LogP) is 4.53. The Morgan fingerprint density at radius 2 is 1.80 bits per heavy atom. The van der Waals surface area contributed by atoms with E-state index in [0.29, 0.717) is 22.5 Å². The summed E-state index contributed by atoms with van der Waals surface area (Å²) in [5.74, 6) is 0.707. The summed E-state index contributed by atoms with van der Waals surface area (Å²) in [4.78, 5) is 4.39. The second-order valence-electron chi connectivity index (χ2n) is 4.46. The van der Waals surface area contributed by atoms with E-state index in [1.54, 1.807) is 12.1 Å². The lowest BCUT2D eigenvalue weighted by Crippen LogP contribution is -2.01. The molecular weight excluding hydrogens is 295 g/mol. The van der Waals surface area contributed by atoms with Crippen LogP contribution in [0.4, 0.5) is 0 Å². The lowest BCUT2D eigenvalue weighted by Gasteiger charge is -2.10. The van der Waals surface area contributed by atoms with Gasteiger partial charge in [0.25, 0.3) is 0 Å². The van der Waals surface area contributed by atoms with Crippen LogP contribution in [-0.4, -0.2) is 9.38 Å². The van der Waals surface area contributed by atoms with Gasteiger partial charge >= 0.3 is 0 Å². The molecule has 0 atom stereocenters. The van der Waals surface area contributed by atoms with Gasteiger partial charge in [-0.05, 0) is 31.2 Å². The Balaban J connectivity index is 1.91. The zero-order chi connectivity index (χ0) is 14.1. The molecule has 1 aromatic carbocycles. The number of nitrogens with zero attached hydrogens (tertiary/aromatic N) is 2. The third-order valence-corrected chi connectivity index (χ3v) is 3.71. The lowest BCUT2D eigenvalue weighted by molar-refractivity contribution is 0.290. The summed E-state index contributed by atoms with van der Waals surface area (Å²) in [6.07, 6.45) is 1.93. The fourth-order valence-electron chi connectivity index (χ4n) is 2.04. The maximum Gasteiger partial charge on any atom is 0.199 e. The molecule has 0 saturated heterocycles. The third-order valence-electron chi connectivity index (χ3n) is 3.00. The van der Waals surface area contributed by atoms with Crippen molar-refractivity contribution in [3.63, 3.8) is 0 Å². The SMILES string of the molecule is Cc1cn2c(OCc3c(Cl)cccc3Cl)cccc2n1. The summed E-state index contributed by atoms with van der Waals surface area (Å²) in [5.41, 5.74) is 2.58. The van der Waals surface area contributed by atoms with Crippen molar-refractivity contribution in [2.45, 2.75) is 13.5 Å². The van der Waals surface area contributed by atoms with Gasteiger partial charge in [0.15, 0.2) is 5.88 Å². The molecule has 0 spiro atoms. The lowest BCUT2D eigenvalue weighted by atomic mass is 10.2. The van der Waals surface area contributed by atoms with Crippen molar-refractivity contribution in [3.05, 3.63) is 63.9 Å². The smallest absolute Gasteiger partial charge is 0.199 e. The first-order valence-corrected chi connectivity index (χ1v) is 6.91. The monoisotopic (exact) mass is 306 g/mol. The van der Waals surface area contributed by atoms with E-state index in [1.165, 1.54) is 0 Å². The molecule has 0 unspecified atom stereocenters. The zero-order valence-electron chi connectivity index (χ0n) is 10.8. The highest BCUT2D eigenvalue weighted by Gasteiger charge is 2.08. The van der Waals surface area contributed by atoms with Crippen molar-refractivity contribution in [3.8, 4) is 5.88 Å². The van der Waals surface area contributed by atoms with Crippen molar-refractivity contribution >= 4 is 28.8 Å². The van der Waals surface area contributed by atoms with Crippen molar-refractivity contribution in [1.82, 2.24) is 9.38 Å². The predicted molar refractivity (Wildman–Crippen MR) is 80.7 cm³/mol. The van der Waals surface area contributed by atoms with Crippen molar-refractivity contribution in [1.29, 1.82) is 0 Å². The first-order valence-electron chi connectivity index (χ1n) is 6.15. The van der Waals surface area contributed by atoms with Gasteiger partial charge in [-0.3, -0.25) is 4.40 Å². The Morgan fingerprint density at radius 3 is 2.55 bits per heavy atom. The van der Waals surface area contributed by atoms with Crippen LogP contribution in [0.2, 0.25) is 10.0 Å². The van der Waals surface area contributed by atoms with Crippen molar-refractivity contribution < 1.29 is 4.74 Å². The first kappa shape index (κ1) is 13.3. The fourth-order valence-corrected chi connectivity index (χ4v) is 2.55. The molecule has 0 fully saturated rings. The number of hydrogen-bond donors (Lipinski definition) is 0. The summed E-state index contributed by atoms with van der Waals surface area (Å²) >= 11 is 12.3. The number of aryl methyl sites for hydroxylation is 1. The number of ether oxygens (including phenoxy) is 1. The minimum absolute atomic E-state index is 0.314. The number of hydrogen-bond acceptors (Lipinski definition) is 2. The van der Waals surface area contributed by atoms with Crippen LogP contribution in [-0.2, 0) is 6.61 Å². The molecule has 5 heteroatoms. The molecule has 0 radical (unpaired) electrons. The second kappa shape index (κ2) is 5.35. The summed E-state index contributed by atoms with van der Waals surface area (Å²) < 4.78 is 7.74. The standard InChI is InChI=1S/C15H12Cl2N2O/c1-10-8-19-14(18-10)6-3-7-15(19)20-9-11-12(16)4-2-5-13(11)17/h2-8H,9H2,1H3. The normalized spacial score (nSPS) is 10.9. The van der Waals surface area contributed by atoms with Gasteiger partial charge in [-0.2, -0.15) is 0 Å². The van der Waals surface area contributed by atoms with Crippen LogP contribution in [0.25, 0.3) is 5.65 Å². The van der Waals surface area contributed by atoms with E-state index < -0.39 is 0 Å². The largest absolute Gasteiger partial charge is 0.474 e. The van der Waals surface area contributed by atoms with E-state index in [2.05, 4.69) is 4.98 Å². The van der Waals surface area contributed by atoms with Crippen LogP contribution < -0.4 is 4.74 Å². The van der Waals surface area contributed by atoms with Crippen LogP contribution in [0.1, 0.15) is 11.3 Å². The van der Waals surface area contributed by atoms with Gasteiger partial charge in [-0.25, -0.2) is 4.98 Å². The van der Waals surface area contributed by atoms with E-state index in [9.17, 15) is 0 Å². The number of aromatic nitrogens is 2. The van der Waals surface area contributed by atoms with E-state index in [4.69, 9.17) is 27.9 Å². The summed E-state index contributed by atoms with van der Waals surface area (Å²) in [5, 5.41) is 1.21. The number of halogens is 2. The summed E-state index contributed by atoms with van der Waals surface area (Å²) in [7, 11) is 0. The minimum atomic E-state index is 0.314. The van der Waals surface area contributed by atoms with Crippen LogP contribution in [0, 0.1) is 6.92 Å². The molecule has 20 heavy (non-hydrogen) atoms. The zero-order valence-corrected chi connectivity index (χ0v) is 12.3. The number of imidazole rings is 1. The second-order valence-corrected chi connectivity index (χ2v) is 5.28. The highest BCUT2D eigenvalue weighted by molar-refractivity contribution is 6.35. The van der Waals surface area contributed by atoms with Crippen LogP contribution in [0.3, 0.4) is 0 Å².